The van der Waals surface area contributed by atoms with Crippen molar-refractivity contribution in [2.45, 2.75) is 32.0 Å². The van der Waals surface area contributed by atoms with E-state index in [2.05, 4.69) is 9.97 Å². The van der Waals surface area contributed by atoms with Crippen LogP contribution in [0.4, 0.5) is 19.0 Å². The minimum atomic E-state index is -4.53. The van der Waals surface area contributed by atoms with Gasteiger partial charge in [0.25, 0.3) is 5.91 Å². The van der Waals surface area contributed by atoms with Crippen LogP contribution in [-0.2, 0) is 12.7 Å². The predicted octanol–water partition coefficient (Wildman–Crippen LogP) is 4.63. The summed E-state index contributed by atoms with van der Waals surface area (Å²) in [5.74, 6) is 0.346. The molecule has 0 saturated heterocycles. The summed E-state index contributed by atoms with van der Waals surface area (Å²) in [6.07, 6.45) is -5.18. The van der Waals surface area contributed by atoms with E-state index in [-0.39, 0.29) is 12.2 Å². The number of hydrogen-bond donors (Lipinski definition) is 2. The molecule has 10 heteroatoms. The normalized spacial score (nSPS) is 17.0. The maximum absolute atomic E-state index is 13.8. The number of rotatable bonds is 4. The number of nitrogens with two attached hydrogens (primary N) is 1. The Hall–Kier alpha value is -4.18. The molecule has 36 heavy (non-hydrogen) atoms. The molecule has 0 saturated carbocycles. The first-order valence-electron chi connectivity index (χ1n) is 11.1. The van der Waals surface area contributed by atoms with Crippen molar-refractivity contribution >= 4 is 22.6 Å². The molecular formula is C26H21F3N4O3. The van der Waals surface area contributed by atoms with Crippen LogP contribution in [0.3, 0.4) is 0 Å². The van der Waals surface area contributed by atoms with Gasteiger partial charge in [-0.15, -0.1) is 0 Å². The van der Waals surface area contributed by atoms with Gasteiger partial charge in [0.15, 0.2) is 0 Å². The number of carbonyl (C=O) groups is 1. The van der Waals surface area contributed by atoms with Crippen molar-refractivity contribution in [2.24, 2.45) is 0 Å². The van der Waals surface area contributed by atoms with E-state index in [1.54, 1.807) is 42.5 Å². The molecular weight excluding hydrogens is 473 g/mol. The summed E-state index contributed by atoms with van der Waals surface area (Å²) < 4.78 is 44.6. The van der Waals surface area contributed by atoms with Crippen LogP contribution in [0.5, 0.6) is 5.75 Å². The monoisotopic (exact) mass is 494 g/mol. The van der Waals surface area contributed by atoms with E-state index < -0.39 is 30.0 Å². The van der Waals surface area contributed by atoms with Crippen LogP contribution in [0.25, 0.3) is 10.9 Å². The Morgan fingerprint density at radius 3 is 2.64 bits per heavy atom. The average Bonchev–Trinajstić information content (AvgIpc) is 3.18. The van der Waals surface area contributed by atoms with Crippen LogP contribution >= 0.6 is 0 Å². The number of nitrogen functional groups attached to an aromatic ring is 1. The van der Waals surface area contributed by atoms with Gasteiger partial charge in [-0.1, -0.05) is 18.2 Å². The highest BCUT2D eigenvalue weighted by Gasteiger charge is 2.40. The van der Waals surface area contributed by atoms with Gasteiger partial charge in [0.1, 0.15) is 17.6 Å². The number of aromatic nitrogens is 2. The number of para-hydroxylation sites is 1. The van der Waals surface area contributed by atoms with Crippen LogP contribution in [0.2, 0.25) is 0 Å². The van der Waals surface area contributed by atoms with Crippen molar-refractivity contribution in [1.82, 2.24) is 14.9 Å². The molecule has 2 atom stereocenters. The number of aliphatic hydroxyl groups excluding tert-OH is 1. The first kappa shape index (κ1) is 23.6. The fraction of sp³-hybridized carbons (Fsp3) is 0.192. The Morgan fingerprint density at radius 2 is 1.92 bits per heavy atom. The predicted molar refractivity (Wildman–Crippen MR) is 126 cm³/mol. The highest BCUT2D eigenvalue weighted by atomic mass is 19.4. The zero-order chi connectivity index (χ0) is 25.6. The molecule has 184 valence electrons. The second-order valence-corrected chi connectivity index (χ2v) is 8.56. The van der Waals surface area contributed by atoms with Gasteiger partial charge in [0.05, 0.1) is 23.3 Å². The van der Waals surface area contributed by atoms with Crippen molar-refractivity contribution in [3.05, 3.63) is 94.8 Å². The fourth-order valence-electron chi connectivity index (χ4n) is 4.25. The van der Waals surface area contributed by atoms with E-state index in [4.69, 9.17) is 10.5 Å². The van der Waals surface area contributed by atoms with Crippen molar-refractivity contribution in [1.29, 1.82) is 0 Å². The lowest BCUT2D eigenvalue weighted by Gasteiger charge is -2.30. The Balaban J connectivity index is 1.55. The maximum Gasteiger partial charge on any atom is 0.417 e. The summed E-state index contributed by atoms with van der Waals surface area (Å²) in [7, 11) is 0. The minimum absolute atomic E-state index is 0.159. The van der Waals surface area contributed by atoms with Crippen LogP contribution in [0.1, 0.15) is 38.8 Å². The SMILES string of the molecule is Cc1cc2cc(C(=O)N(Cc3ccc(C(F)(F)F)cn3)[C@@H]3c4ccccc4O[C@H]3O)ccc2nc1N. The van der Waals surface area contributed by atoms with Gasteiger partial charge in [0.2, 0.25) is 6.29 Å². The third-order valence-electron chi connectivity index (χ3n) is 6.13. The smallest absolute Gasteiger partial charge is 0.417 e. The van der Waals surface area contributed by atoms with E-state index in [1.165, 1.54) is 11.0 Å². The van der Waals surface area contributed by atoms with Crippen molar-refractivity contribution in [3.63, 3.8) is 0 Å². The molecule has 0 aliphatic carbocycles. The van der Waals surface area contributed by atoms with Gasteiger partial charge in [-0.05, 0) is 55.0 Å². The molecule has 1 aliphatic heterocycles. The number of alkyl halides is 3. The number of nitrogens with zero attached hydrogens (tertiary/aromatic N) is 3. The number of carbonyl (C=O) groups excluding carboxylic acids is 1. The van der Waals surface area contributed by atoms with Crippen LogP contribution in [0, 0.1) is 6.92 Å². The zero-order valence-electron chi connectivity index (χ0n) is 19.0. The molecule has 4 aromatic rings. The van der Waals surface area contributed by atoms with Gasteiger partial charge >= 0.3 is 6.18 Å². The largest absolute Gasteiger partial charge is 0.462 e. The Bertz CT molecular complexity index is 1460. The number of fused-ring (bicyclic) bond motifs is 2. The Morgan fingerprint density at radius 1 is 1.14 bits per heavy atom. The molecule has 0 unspecified atom stereocenters. The summed E-state index contributed by atoms with van der Waals surface area (Å²) in [5.41, 5.74) is 7.47. The lowest BCUT2D eigenvalue weighted by atomic mass is 10.0. The molecule has 5 rings (SSSR count). The summed E-state index contributed by atoms with van der Waals surface area (Å²) in [6, 6.07) is 14.9. The number of pyridine rings is 2. The van der Waals surface area contributed by atoms with Crippen molar-refractivity contribution in [2.75, 3.05) is 5.73 Å². The topological polar surface area (TPSA) is 102 Å². The highest BCUT2D eigenvalue weighted by molar-refractivity contribution is 5.98. The maximum atomic E-state index is 13.8. The quantitative estimate of drug-likeness (QED) is 0.429. The lowest BCUT2D eigenvalue weighted by molar-refractivity contribution is -0.137. The van der Waals surface area contributed by atoms with E-state index in [9.17, 15) is 23.1 Å². The molecule has 2 aromatic heterocycles. The summed E-state index contributed by atoms with van der Waals surface area (Å²) in [5, 5.41) is 11.4. The first-order valence-corrected chi connectivity index (χ1v) is 11.1. The molecule has 7 nitrogen and oxygen atoms in total. The molecule has 2 aromatic carbocycles. The van der Waals surface area contributed by atoms with Crippen LogP contribution in [0.15, 0.2) is 66.9 Å². The number of ether oxygens (including phenoxy) is 1. The highest BCUT2D eigenvalue weighted by Crippen LogP contribution is 2.40. The van der Waals surface area contributed by atoms with E-state index in [1.807, 2.05) is 13.0 Å². The standard InChI is InChI=1S/C26H21F3N4O3/c1-14-10-16-11-15(6-9-20(16)32-23(14)30)24(34)33(13-18-8-7-17(12-31-18)26(27,28)29)22-19-4-2-3-5-21(19)36-25(22)35/h2-12,22,25,35H,13H2,1H3,(H2,30,32)/t22-,25-/m1/s1. The number of aryl methyl sites for hydroxylation is 1. The number of aliphatic hydroxyl groups is 1. The van der Waals surface area contributed by atoms with Gasteiger partial charge < -0.3 is 20.5 Å². The Labute approximate surface area is 204 Å². The van der Waals surface area contributed by atoms with E-state index >= 15 is 0 Å². The summed E-state index contributed by atoms with van der Waals surface area (Å²) >= 11 is 0. The molecule has 3 heterocycles. The fourth-order valence-corrected chi connectivity index (χ4v) is 4.25. The second-order valence-electron chi connectivity index (χ2n) is 8.56. The molecule has 3 N–H and O–H groups in total. The molecule has 0 fully saturated rings. The van der Waals surface area contributed by atoms with Gasteiger partial charge in [-0.25, -0.2) is 4.98 Å². The third-order valence-corrected chi connectivity index (χ3v) is 6.13. The van der Waals surface area contributed by atoms with Crippen molar-refractivity contribution in [3.8, 4) is 5.75 Å². The number of benzene rings is 2. The molecule has 0 radical (unpaired) electrons. The summed E-state index contributed by atoms with van der Waals surface area (Å²) in [6.45, 7) is 1.65. The van der Waals surface area contributed by atoms with Gasteiger partial charge in [-0.3, -0.25) is 9.78 Å². The number of halogens is 3. The number of anilines is 1. The van der Waals surface area contributed by atoms with Gasteiger partial charge in [-0.2, -0.15) is 13.2 Å². The first-order chi connectivity index (χ1) is 17.1. The third kappa shape index (κ3) is 4.31. The molecule has 1 amide bonds. The van der Waals surface area contributed by atoms with Crippen LogP contribution < -0.4 is 10.5 Å². The van der Waals surface area contributed by atoms with Gasteiger partial charge in [0, 0.05) is 22.7 Å². The molecule has 0 bridgehead atoms. The Kier molecular flexibility index (Phi) is 5.76. The van der Waals surface area contributed by atoms with Crippen molar-refractivity contribution < 1.29 is 27.8 Å². The summed E-state index contributed by atoms with van der Waals surface area (Å²) in [4.78, 5) is 23.4. The second kappa shape index (κ2) is 8.80. The molecule has 0 spiro atoms. The average molecular weight is 494 g/mol. The lowest BCUT2D eigenvalue weighted by Crippen LogP contribution is -2.39. The van der Waals surface area contributed by atoms with E-state index in [0.29, 0.717) is 33.6 Å². The van der Waals surface area contributed by atoms with Crippen LogP contribution in [-0.4, -0.2) is 32.2 Å². The van der Waals surface area contributed by atoms with E-state index in [0.717, 1.165) is 17.8 Å². The zero-order valence-corrected chi connectivity index (χ0v) is 19.0. The minimum Gasteiger partial charge on any atom is -0.462 e. The number of hydrogen-bond acceptors (Lipinski definition) is 6. The molecule has 1 aliphatic rings. The number of amides is 1.